The van der Waals surface area contributed by atoms with E-state index in [1.165, 1.54) is 24.3 Å². The number of nitrogen functional groups attached to an aromatic ring is 2. The van der Waals surface area contributed by atoms with Gasteiger partial charge in [-0.3, -0.25) is 13.7 Å². The average molecular weight is 749 g/mol. The van der Waals surface area contributed by atoms with Crippen LogP contribution in [0.4, 0.5) is 34.4 Å². The van der Waals surface area contributed by atoms with Gasteiger partial charge in [-0.05, 0) is 42.5 Å². The summed E-state index contributed by atoms with van der Waals surface area (Å²) in [5.41, 5.74) is 11.4. The maximum Gasteiger partial charge on any atom is 0.296 e. The Morgan fingerprint density at radius 2 is 1.36 bits per heavy atom. The molecule has 0 spiro atoms. The fourth-order valence-corrected chi connectivity index (χ4v) is 6.80. The molecule has 250 valence electrons. The number of nitrogens with zero attached hydrogens (tertiary/aromatic N) is 6. The molecule has 1 aromatic heterocycles. The van der Waals surface area contributed by atoms with Crippen LogP contribution >= 0.6 is 23.8 Å². The molecule has 4 rings (SSSR count). The van der Waals surface area contributed by atoms with Gasteiger partial charge in [-0.2, -0.15) is 25.3 Å². The van der Waals surface area contributed by atoms with Gasteiger partial charge in [0.05, 0.1) is 34.1 Å². The number of anilines is 2. The van der Waals surface area contributed by atoms with Gasteiger partial charge in [0.1, 0.15) is 10.6 Å². The summed E-state index contributed by atoms with van der Waals surface area (Å²) in [5, 5.41) is 28.2. The van der Waals surface area contributed by atoms with Crippen molar-refractivity contribution in [2.45, 2.75) is 19.8 Å². The lowest BCUT2D eigenvalue weighted by Gasteiger charge is -2.08. The summed E-state index contributed by atoms with van der Waals surface area (Å²) < 4.78 is 102. The zero-order chi connectivity index (χ0) is 34.6. The van der Waals surface area contributed by atoms with E-state index >= 15 is 0 Å². The van der Waals surface area contributed by atoms with E-state index in [0.29, 0.717) is 12.0 Å². The highest BCUT2D eigenvalue weighted by atomic mass is 32.2. The van der Waals surface area contributed by atoms with E-state index in [0.717, 1.165) is 36.0 Å². The van der Waals surface area contributed by atoms with Crippen LogP contribution in [0, 0.1) is 0 Å². The SMILES string of the molecule is Nc1nc(SCCS(=O)(=O)O)nc(N)c1/N=N/c1ccc(/N=N/c2cc(SOOO)ccc2S(=O)(=O)O)c2ccc(S(=O)(=O)O)cc12. The molecule has 0 bridgehead atoms. The minimum Gasteiger partial charge on any atom is -0.382 e. The highest BCUT2D eigenvalue weighted by molar-refractivity contribution is 8.00. The fraction of sp³-hybridized carbons (Fsp3) is 0.0909. The average Bonchev–Trinajstić information content (AvgIpc) is 2.97. The van der Waals surface area contributed by atoms with Gasteiger partial charge < -0.3 is 11.5 Å². The summed E-state index contributed by atoms with van der Waals surface area (Å²) in [7, 11) is -13.7. The summed E-state index contributed by atoms with van der Waals surface area (Å²) in [4.78, 5) is 7.00. The van der Waals surface area contributed by atoms with Gasteiger partial charge in [-0.1, -0.05) is 22.9 Å². The van der Waals surface area contributed by atoms with Crippen LogP contribution in [-0.2, 0) is 39.7 Å². The van der Waals surface area contributed by atoms with Crippen molar-refractivity contribution in [1.29, 1.82) is 0 Å². The number of benzene rings is 3. The highest BCUT2D eigenvalue weighted by Crippen LogP contribution is 2.39. The molecule has 4 aromatic rings. The van der Waals surface area contributed by atoms with Crippen LogP contribution in [0.3, 0.4) is 0 Å². The van der Waals surface area contributed by atoms with Gasteiger partial charge in [0, 0.05) is 21.4 Å². The number of hydrogen-bond donors (Lipinski definition) is 6. The lowest BCUT2D eigenvalue weighted by molar-refractivity contribution is -0.432. The number of thioether (sulfide) groups is 1. The van der Waals surface area contributed by atoms with E-state index < -0.39 is 45.9 Å². The van der Waals surface area contributed by atoms with Crippen LogP contribution in [0.15, 0.2) is 88.8 Å². The third-order valence-corrected chi connectivity index (χ3v) is 9.78. The minimum atomic E-state index is -4.77. The predicted molar refractivity (Wildman–Crippen MR) is 167 cm³/mol. The predicted octanol–water partition coefficient (Wildman–Crippen LogP) is 4.53. The quantitative estimate of drug-likeness (QED) is 0.0208. The number of rotatable bonds is 13. The Morgan fingerprint density at radius 3 is 1.96 bits per heavy atom. The molecule has 0 amide bonds. The standard InChI is InChI=1S/C22H20N8O12S5/c23-20-19(21(24)26-22(25-20)43-7-8-45(32,33)34)30-28-16-5-4-15(13-3-2-12(10-14(13)16)46(35,36)37)27-29-17-9-11(44-42-41-31)1-6-18(17)47(38,39)40/h1-6,9-10,31H,7-8H2,(H,32,33,34)(H,35,36,37)(H,38,39,40)(H4,23,24,25,26)/b29-27+,30-28+. The maximum atomic E-state index is 11.9. The summed E-state index contributed by atoms with van der Waals surface area (Å²) >= 11 is 1.33. The third kappa shape index (κ3) is 9.58. The molecular weight excluding hydrogens is 729 g/mol. The van der Waals surface area contributed by atoms with Gasteiger partial charge >= 0.3 is 0 Å². The van der Waals surface area contributed by atoms with Crippen LogP contribution in [0.2, 0.25) is 0 Å². The molecule has 25 heteroatoms. The molecule has 0 aliphatic carbocycles. The van der Waals surface area contributed by atoms with Crippen molar-refractivity contribution in [2.75, 3.05) is 23.0 Å². The molecule has 47 heavy (non-hydrogen) atoms. The first kappa shape index (κ1) is 36.0. The third-order valence-electron chi connectivity index (χ3n) is 5.62. The minimum absolute atomic E-state index is 0.00361. The lowest BCUT2D eigenvalue weighted by atomic mass is 10.1. The molecule has 0 saturated carbocycles. The number of azo groups is 2. The van der Waals surface area contributed by atoms with Gasteiger partial charge in [0.15, 0.2) is 22.5 Å². The van der Waals surface area contributed by atoms with Crippen LogP contribution in [-0.4, -0.2) is 65.6 Å². The van der Waals surface area contributed by atoms with E-state index in [9.17, 15) is 34.4 Å². The lowest BCUT2D eigenvalue weighted by Crippen LogP contribution is -2.07. The summed E-state index contributed by atoms with van der Waals surface area (Å²) in [6.07, 6.45) is 0. The fourth-order valence-electron chi connectivity index (χ4n) is 3.62. The molecule has 0 saturated heterocycles. The Hall–Kier alpha value is -3.89. The Labute approximate surface area is 273 Å². The zero-order valence-electron chi connectivity index (χ0n) is 23.0. The van der Waals surface area contributed by atoms with Crippen molar-refractivity contribution >= 4 is 99.3 Å². The van der Waals surface area contributed by atoms with Crippen LogP contribution in [0.1, 0.15) is 0 Å². The second kappa shape index (κ2) is 14.5. The van der Waals surface area contributed by atoms with Crippen molar-refractivity contribution in [3.63, 3.8) is 0 Å². The van der Waals surface area contributed by atoms with E-state index in [4.69, 9.17) is 21.3 Å². The second-order valence-corrected chi connectivity index (χ2v) is 15.0. The number of fused-ring (bicyclic) bond motifs is 1. The normalized spacial score (nSPS) is 12.9. The number of hydrogen-bond acceptors (Lipinski definition) is 19. The molecule has 0 atom stereocenters. The molecule has 0 fully saturated rings. The van der Waals surface area contributed by atoms with Crippen molar-refractivity contribution in [3.05, 3.63) is 48.5 Å². The monoisotopic (exact) mass is 748 g/mol. The Bertz CT molecular complexity index is 2210. The van der Waals surface area contributed by atoms with E-state index in [-0.39, 0.29) is 61.0 Å². The molecule has 0 aliphatic heterocycles. The molecule has 0 radical (unpaired) electrons. The molecule has 3 aromatic carbocycles. The van der Waals surface area contributed by atoms with Crippen molar-refractivity contribution < 1.29 is 53.5 Å². The van der Waals surface area contributed by atoms with Crippen LogP contribution in [0.25, 0.3) is 10.8 Å². The van der Waals surface area contributed by atoms with Crippen LogP contribution < -0.4 is 11.5 Å². The molecule has 0 aliphatic rings. The Morgan fingerprint density at radius 1 is 0.745 bits per heavy atom. The maximum absolute atomic E-state index is 11.9. The van der Waals surface area contributed by atoms with E-state index in [1.807, 2.05) is 0 Å². The summed E-state index contributed by atoms with van der Waals surface area (Å²) in [6, 6.07) is 9.43. The van der Waals surface area contributed by atoms with Gasteiger partial charge in [-0.25, -0.2) is 15.2 Å². The summed E-state index contributed by atoms with van der Waals surface area (Å²) in [5.74, 6) is -1.15. The van der Waals surface area contributed by atoms with Crippen molar-refractivity contribution in [2.24, 2.45) is 20.5 Å². The molecular formula is C22H20N8O12S5. The number of aromatic nitrogens is 2. The van der Waals surface area contributed by atoms with Gasteiger partial charge in [0.25, 0.3) is 30.4 Å². The molecule has 8 N–H and O–H groups in total. The first-order valence-corrected chi connectivity index (χ1v) is 18.3. The highest BCUT2D eigenvalue weighted by Gasteiger charge is 2.18. The van der Waals surface area contributed by atoms with Crippen molar-refractivity contribution in [1.82, 2.24) is 9.97 Å². The first-order chi connectivity index (χ1) is 22.0. The largest absolute Gasteiger partial charge is 0.382 e. The van der Waals surface area contributed by atoms with Crippen molar-refractivity contribution in [3.8, 4) is 0 Å². The van der Waals surface area contributed by atoms with E-state index in [1.54, 1.807) is 0 Å². The molecule has 1 heterocycles. The summed E-state index contributed by atoms with van der Waals surface area (Å²) in [6.45, 7) is 0. The Kier molecular flexibility index (Phi) is 11.1. The first-order valence-electron chi connectivity index (χ1n) is 12.1. The Balaban J connectivity index is 1.77. The second-order valence-electron chi connectivity index (χ2n) is 8.78. The van der Waals surface area contributed by atoms with Gasteiger partial charge in [-0.15, -0.1) is 24.8 Å². The topological polar surface area (TPSA) is 329 Å². The molecule has 20 nitrogen and oxygen atoms in total. The molecule has 0 unspecified atom stereocenters. The van der Waals surface area contributed by atoms with Gasteiger partial charge in [0.2, 0.25) is 0 Å². The number of nitrogens with two attached hydrogens (primary N) is 2. The van der Waals surface area contributed by atoms with Crippen LogP contribution in [0.5, 0.6) is 0 Å². The van der Waals surface area contributed by atoms with E-state index in [2.05, 4.69) is 39.8 Å². The zero-order valence-corrected chi connectivity index (χ0v) is 27.0. The smallest absolute Gasteiger partial charge is 0.296 e.